The number of aromatic nitrogens is 2. The standard InChI is InChI=1S/C18H24N4O/c1-15-5-3-6-16(2)17(15)23-14-13-21-9-11-22(12-10-21)18-19-7-4-8-20-18/h3-8H,9-14H2,1-2H3. The van der Waals surface area contributed by atoms with Crippen molar-refractivity contribution in [3.05, 3.63) is 47.8 Å². The lowest BCUT2D eigenvalue weighted by Gasteiger charge is -2.34. The second-order valence-corrected chi connectivity index (χ2v) is 5.95. The number of hydrogen-bond acceptors (Lipinski definition) is 5. The Kier molecular flexibility index (Phi) is 5.08. The Labute approximate surface area is 137 Å². The molecule has 122 valence electrons. The predicted octanol–water partition coefficient (Wildman–Crippen LogP) is 2.29. The summed E-state index contributed by atoms with van der Waals surface area (Å²) in [5.41, 5.74) is 2.41. The van der Waals surface area contributed by atoms with Gasteiger partial charge < -0.3 is 9.64 Å². The first kappa shape index (κ1) is 15.7. The highest BCUT2D eigenvalue weighted by molar-refractivity contribution is 5.39. The third-order valence-electron chi connectivity index (χ3n) is 4.27. The van der Waals surface area contributed by atoms with Crippen LogP contribution in [-0.2, 0) is 0 Å². The number of para-hydroxylation sites is 1. The van der Waals surface area contributed by atoms with E-state index in [1.54, 1.807) is 12.4 Å². The minimum atomic E-state index is 0.730. The first-order valence-corrected chi connectivity index (χ1v) is 8.17. The summed E-state index contributed by atoms with van der Waals surface area (Å²) in [6, 6.07) is 8.12. The molecule has 0 radical (unpaired) electrons. The molecule has 0 atom stereocenters. The number of ether oxygens (including phenoxy) is 1. The van der Waals surface area contributed by atoms with Crippen LogP contribution in [0, 0.1) is 13.8 Å². The molecule has 0 spiro atoms. The zero-order valence-corrected chi connectivity index (χ0v) is 13.9. The Morgan fingerprint density at radius 2 is 1.61 bits per heavy atom. The smallest absolute Gasteiger partial charge is 0.225 e. The average Bonchev–Trinajstić information content (AvgIpc) is 2.59. The summed E-state index contributed by atoms with van der Waals surface area (Å²) in [5.74, 6) is 1.86. The van der Waals surface area contributed by atoms with Crippen molar-refractivity contribution < 1.29 is 4.74 Å². The van der Waals surface area contributed by atoms with Gasteiger partial charge in [0, 0.05) is 45.1 Å². The molecular formula is C18H24N4O. The van der Waals surface area contributed by atoms with Gasteiger partial charge in [-0.25, -0.2) is 9.97 Å². The van der Waals surface area contributed by atoms with Crippen molar-refractivity contribution in [2.45, 2.75) is 13.8 Å². The summed E-state index contributed by atoms with van der Waals surface area (Å²) in [7, 11) is 0. The Balaban J connectivity index is 1.45. The predicted molar refractivity (Wildman–Crippen MR) is 92.1 cm³/mol. The van der Waals surface area contributed by atoms with E-state index < -0.39 is 0 Å². The van der Waals surface area contributed by atoms with Crippen LogP contribution in [-0.4, -0.2) is 54.2 Å². The van der Waals surface area contributed by atoms with Crippen LogP contribution in [0.5, 0.6) is 5.75 Å². The molecule has 5 heteroatoms. The largest absolute Gasteiger partial charge is 0.492 e. The van der Waals surface area contributed by atoms with E-state index in [2.05, 4.69) is 51.8 Å². The lowest BCUT2D eigenvalue weighted by molar-refractivity contribution is 0.199. The van der Waals surface area contributed by atoms with Crippen LogP contribution in [0.1, 0.15) is 11.1 Å². The van der Waals surface area contributed by atoms with Crippen molar-refractivity contribution in [3.8, 4) is 5.75 Å². The van der Waals surface area contributed by atoms with Crippen molar-refractivity contribution in [2.24, 2.45) is 0 Å². The van der Waals surface area contributed by atoms with E-state index in [1.165, 1.54) is 11.1 Å². The van der Waals surface area contributed by atoms with E-state index in [4.69, 9.17) is 4.74 Å². The molecule has 23 heavy (non-hydrogen) atoms. The summed E-state index contributed by atoms with van der Waals surface area (Å²) in [6.07, 6.45) is 3.60. The van der Waals surface area contributed by atoms with Crippen molar-refractivity contribution >= 4 is 5.95 Å². The van der Waals surface area contributed by atoms with Gasteiger partial charge in [0.05, 0.1) is 0 Å². The summed E-state index contributed by atoms with van der Waals surface area (Å²) < 4.78 is 6.00. The SMILES string of the molecule is Cc1cccc(C)c1OCCN1CCN(c2ncccn2)CC1. The van der Waals surface area contributed by atoms with Crippen molar-refractivity contribution in [1.82, 2.24) is 14.9 Å². The fraction of sp³-hybridized carbons (Fsp3) is 0.444. The van der Waals surface area contributed by atoms with Crippen LogP contribution < -0.4 is 9.64 Å². The highest BCUT2D eigenvalue weighted by atomic mass is 16.5. The van der Waals surface area contributed by atoms with Gasteiger partial charge in [0.2, 0.25) is 5.95 Å². The number of piperazine rings is 1. The summed E-state index contributed by atoms with van der Waals surface area (Å²) in [4.78, 5) is 13.3. The Bertz CT molecular complexity index is 604. The summed E-state index contributed by atoms with van der Waals surface area (Å²) in [6.45, 7) is 9.86. The molecule has 2 aromatic rings. The molecule has 0 N–H and O–H groups in total. The molecule has 0 saturated carbocycles. The zero-order valence-electron chi connectivity index (χ0n) is 13.9. The first-order valence-electron chi connectivity index (χ1n) is 8.17. The Morgan fingerprint density at radius 3 is 2.26 bits per heavy atom. The van der Waals surface area contributed by atoms with Crippen LogP contribution in [0.2, 0.25) is 0 Å². The van der Waals surface area contributed by atoms with E-state index in [-0.39, 0.29) is 0 Å². The molecule has 1 fully saturated rings. The van der Waals surface area contributed by atoms with Crippen LogP contribution >= 0.6 is 0 Å². The Morgan fingerprint density at radius 1 is 0.957 bits per heavy atom. The van der Waals surface area contributed by atoms with Gasteiger partial charge in [0.25, 0.3) is 0 Å². The van der Waals surface area contributed by atoms with Gasteiger partial charge in [-0.15, -0.1) is 0 Å². The molecule has 1 aromatic carbocycles. The highest BCUT2D eigenvalue weighted by Crippen LogP contribution is 2.22. The molecule has 3 rings (SSSR count). The van der Waals surface area contributed by atoms with Crippen LogP contribution in [0.25, 0.3) is 0 Å². The third kappa shape index (κ3) is 3.99. The normalized spacial score (nSPS) is 15.7. The summed E-state index contributed by atoms with van der Waals surface area (Å²) >= 11 is 0. The first-order chi connectivity index (χ1) is 11.2. The van der Waals surface area contributed by atoms with E-state index >= 15 is 0 Å². The molecule has 0 unspecified atom stereocenters. The average molecular weight is 312 g/mol. The van der Waals surface area contributed by atoms with Gasteiger partial charge in [-0.2, -0.15) is 0 Å². The minimum absolute atomic E-state index is 0.730. The van der Waals surface area contributed by atoms with E-state index in [0.717, 1.165) is 51.0 Å². The van der Waals surface area contributed by atoms with Gasteiger partial charge in [-0.1, -0.05) is 18.2 Å². The molecule has 1 aromatic heterocycles. The number of rotatable bonds is 5. The number of hydrogen-bond donors (Lipinski definition) is 0. The van der Waals surface area contributed by atoms with E-state index in [9.17, 15) is 0 Å². The number of aryl methyl sites for hydroxylation is 2. The number of nitrogens with zero attached hydrogens (tertiary/aromatic N) is 4. The molecule has 5 nitrogen and oxygen atoms in total. The van der Waals surface area contributed by atoms with Gasteiger partial charge in [0.15, 0.2) is 0 Å². The summed E-state index contributed by atoms with van der Waals surface area (Å²) in [5, 5.41) is 0. The van der Waals surface area contributed by atoms with E-state index in [1.807, 2.05) is 6.07 Å². The molecule has 1 aliphatic heterocycles. The molecule has 0 bridgehead atoms. The lowest BCUT2D eigenvalue weighted by Crippen LogP contribution is -2.48. The zero-order chi connectivity index (χ0) is 16.1. The lowest BCUT2D eigenvalue weighted by atomic mass is 10.1. The molecule has 2 heterocycles. The quantitative estimate of drug-likeness (QED) is 0.847. The number of benzene rings is 1. The highest BCUT2D eigenvalue weighted by Gasteiger charge is 2.18. The maximum absolute atomic E-state index is 6.00. The van der Waals surface area contributed by atoms with Gasteiger partial charge >= 0.3 is 0 Å². The maximum atomic E-state index is 6.00. The fourth-order valence-electron chi connectivity index (χ4n) is 2.93. The minimum Gasteiger partial charge on any atom is -0.492 e. The molecule has 0 aliphatic carbocycles. The van der Waals surface area contributed by atoms with Crippen molar-refractivity contribution in [2.75, 3.05) is 44.2 Å². The fourth-order valence-corrected chi connectivity index (χ4v) is 2.93. The van der Waals surface area contributed by atoms with E-state index in [0.29, 0.717) is 0 Å². The van der Waals surface area contributed by atoms with Crippen molar-refractivity contribution in [3.63, 3.8) is 0 Å². The van der Waals surface area contributed by atoms with Crippen LogP contribution in [0.3, 0.4) is 0 Å². The van der Waals surface area contributed by atoms with Crippen LogP contribution in [0.4, 0.5) is 5.95 Å². The van der Waals surface area contributed by atoms with Crippen molar-refractivity contribution in [1.29, 1.82) is 0 Å². The Hall–Kier alpha value is -2.14. The molecule has 0 amide bonds. The third-order valence-corrected chi connectivity index (χ3v) is 4.27. The van der Waals surface area contributed by atoms with Gasteiger partial charge in [-0.05, 0) is 31.0 Å². The maximum Gasteiger partial charge on any atom is 0.225 e. The van der Waals surface area contributed by atoms with Gasteiger partial charge in [-0.3, -0.25) is 4.90 Å². The number of anilines is 1. The molecule has 1 saturated heterocycles. The molecule has 1 aliphatic rings. The van der Waals surface area contributed by atoms with Gasteiger partial charge in [0.1, 0.15) is 12.4 Å². The second kappa shape index (κ2) is 7.42. The van der Waals surface area contributed by atoms with Crippen LogP contribution in [0.15, 0.2) is 36.7 Å². The topological polar surface area (TPSA) is 41.5 Å². The second-order valence-electron chi connectivity index (χ2n) is 5.95. The molecular weight excluding hydrogens is 288 g/mol. The monoisotopic (exact) mass is 312 g/mol.